The van der Waals surface area contributed by atoms with Gasteiger partial charge in [0.25, 0.3) is 0 Å². The molecule has 7 atom stereocenters. The van der Waals surface area contributed by atoms with Crippen molar-refractivity contribution in [3.63, 3.8) is 0 Å². The smallest absolute Gasteiger partial charge is 0.155 e. The van der Waals surface area contributed by atoms with Gasteiger partial charge in [0.15, 0.2) is 5.78 Å². The van der Waals surface area contributed by atoms with Gasteiger partial charge in [0.2, 0.25) is 0 Å². The Hall–Kier alpha value is -0.590. The van der Waals surface area contributed by atoms with Crippen LogP contribution >= 0.6 is 0 Å². The van der Waals surface area contributed by atoms with E-state index in [9.17, 15) is 4.79 Å². The second-order valence-electron chi connectivity index (χ2n) is 12.0. The van der Waals surface area contributed by atoms with Crippen molar-refractivity contribution >= 4 is 5.78 Å². The summed E-state index contributed by atoms with van der Waals surface area (Å²) in [5.74, 6) is 5.79. The van der Waals surface area contributed by atoms with Gasteiger partial charge in [-0.15, -0.1) is 0 Å². The highest BCUT2D eigenvalue weighted by Gasteiger charge is 2.59. The van der Waals surface area contributed by atoms with Gasteiger partial charge in [-0.2, -0.15) is 0 Å². The van der Waals surface area contributed by atoms with E-state index in [2.05, 4.69) is 40.7 Å². The zero-order valence-electron chi connectivity index (χ0n) is 19.2. The first-order valence-corrected chi connectivity index (χ1v) is 12.5. The molecule has 4 aliphatic carbocycles. The Labute approximate surface area is 174 Å². The van der Waals surface area contributed by atoms with E-state index in [4.69, 9.17) is 0 Å². The van der Waals surface area contributed by atoms with Gasteiger partial charge in [0, 0.05) is 6.42 Å². The normalized spacial score (nSPS) is 43.9. The molecule has 28 heavy (non-hydrogen) atoms. The van der Waals surface area contributed by atoms with Crippen LogP contribution in [0.25, 0.3) is 0 Å². The van der Waals surface area contributed by atoms with Crippen LogP contribution in [0.15, 0.2) is 11.6 Å². The number of ketones is 1. The van der Waals surface area contributed by atoms with Gasteiger partial charge in [-0.1, -0.05) is 59.5 Å². The molecule has 4 aliphatic rings. The second kappa shape index (κ2) is 7.59. The third kappa shape index (κ3) is 3.33. The Balaban J connectivity index is 1.49. The van der Waals surface area contributed by atoms with Crippen molar-refractivity contribution in [1.29, 1.82) is 0 Å². The summed E-state index contributed by atoms with van der Waals surface area (Å²) in [6.45, 7) is 12.5. The molecular weight excluding hydrogens is 340 g/mol. The van der Waals surface area contributed by atoms with E-state index in [1.807, 2.05) is 0 Å². The van der Waals surface area contributed by atoms with Crippen LogP contribution in [0.3, 0.4) is 0 Å². The van der Waals surface area contributed by atoms with Gasteiger partial charge in [-0.25, -0.2) is 0 Å². The predicted molar refractivity (Wildman–Crippen MR) is 118 cm³/mol. The van der Waals surface area contributed by atoms with Crippen LogP contribution in [0.5, 0.6) is 0 Å². The van der Waals surface area contributed by atoms with Gasteiger partial charge in [0.05, 0.1) is 0 Å². The Kier molecular flexibility index (Phi) is 5.60. The van der Waals surface area contributed by atoms with E-state index in [1.54, 1.807) is 0 Å². The molecule has 0 aliphatic heterocycles. The maximum atomic E-state index is 12.0. The van der Waals surface area contributed by atoms with Crippen LogP contribution < -0.4 is 0 Å². The van der Waals surface area contributed by atoms with E-state index >= 15 is 0 Å². The minimum absolute atomic E-state index is 0.332. The summed E-state index contributed by atoms with van der Waals surface area (Å²) in [7, 11) is 0. The minimum Gasteiger partial charge on any atom is -0.295 e. The molecule has 0 heterocycles. The molecule has 0 aromatic heterocycles. The number of allylic oxidation sites excluding steroid dienone is 1. The second-order valence-corrected chi connectivity index (χ2v) is 12.0. The van der Waals surface area contributed by atoms with Gasteiger partial charge in [-0.05, 0) is 97.4 Å². The summed E-state index contributed by atoms with van der Waals surface area (Å²) in [5, 5.41) is 0. The van der Waals surface area contributed by atoms with E-state index in [1.165, 1.54) is 63.4 Å². The zero-order chi connectivity index (χ0) is 20.1. The van der Waals surface area contributed by atoms with Gasteiger partial charge in [0.1, 0.15) is 0 Å². The highest BCUT2D eigenvalue weighted by Crippen LogP contribution is 2.67. The summed E-state index contributed by atoms with van der Waals surface area (Å²) in [6.07, 6.45) is 16.6. The molecule has 3 fully saturated rings. The Bertz CT molecular complexity index is 630. The molecule has 0 aromatic carbocycles. The third-order valence-electron chi connectivity index (χ3n) is 10.2. The lowest BCUT2D eigenvalue weighted by Crippen LogP contribution is -2.50. The fourth-order valence-corrected chi connectivity index (χ4v) is 8.58. The first-order chi connectivity index (χ1) is 13.3. The highest BCUT2D eigenvalue weighted by molar-refractivity contribution is 5.91. The molecule has 0 unspecified atom stereocenters. The number of hydrogen-bond acceptors (Lipinski definition) is 1. The lowest BCUT2D eigenvalue weighted by atomic mass is 9.46. The average molecular weight is 385 g/mol. The molecule has 0 radical (unpaired) electrons. The van der Waals surface area contributed by atoms with Crippen molar-refractivity contribution in [2.24, 2.45) is 46.3 Å². The van der Waals surface area contributed by atoms with E-state index in [0.717, 1.165) is 48.3 Å². The highest BCUT2D eigenvalue weighted by atomic mass is 16.1. The topological polar surface area (TPSA) is 17.1 Å². The van der Waals surface area contributed by atoms with Crippen molar-refractivity contribution < 1.29 is 4.79 Å². The van der Waals surface area contributed by atoms with Crippen molar-refractivity contribution in [2.45, 2.75) is 105 Å². The molecule has 1 heteroatoms. The minimum atomic E-state index is 0.332. The largest absolute Gasteiger partial charge is 0.295 e. The molecule has 1 nitrogen and oxygen atoms in total. The lowest BCUT2D eigenvalue weighted by molar-refractivity contribution is -0.117. The molecule has 4 rings (SSSR count). The standard InChI is InChI=1S/C27H44O/c1-18(2)7-6-8-19(3)23-11-12-24-22-10-9-20-17-21(28)13-15-26(20,4)25(22)14-16-27(23,24)5/h17-19,22-25H,6-16H2,1-5H3/t19-,22-,23-,24-,25-,26+,27-/m1/s1. The Morgan fingerprint density at radius 2 is 1.75 bits per heavy atom. The molecule has 0 aromatic rings. The Morgan fingerprint density at radius 1 is 0.964 bits per heavy atom. The summed E-state index contributed by atoms with van der Waals surface area (Å²) < 4.78 is 0. The van der Waals surface area contributed by atoms with Crippen molar-refractivity contribution in [3.05, 3.63) is 11.6 Å². The van der Waals surface area contributed by atoms with Crippen molar-refractivity contribution in [1.82, 2.24) is 0 Å². The molecule has 3 saturated carbocycles. The fourth-order valence-electron chi connectivity index (χ4n) is 8.58. The van der Waals surface area contributed by atoms with Crippen LogP contribution in [0.4, 0.5) is 0 Å². The lowest BCUT2D eigenvalue weighted by Gasteiger charge is -2.58. The molecule has 158 valence electrons. The third-order valence-corrected chi connectivity index (χ3v) is 10.2. The van der Waals surface area contributed by atoms with E-state index in [0.29, 0.717) is 16.6 Å². The maximum absolute atomic E-state index is 12.0. The molecule has 0 amide bonds. The molecule has 0 spiro atoms. The molecule has 0 N–H and O–H groups in total. The first kappa shape index (κ1) is 20.7. The molecule has 0 bridgehead atoms. The van der Waals surface area contributed by atoms with Crippen LogP contribution in [-0.2, 0) is 4.79 Å². The van der Waals surface area contributed by atoms with Crippen LogP contribution in [0.2, 0.25) is 0 Å². The SMILES string of the molecule is CC(C)CCC[C@@H](C)[C@H]1CC[C@@H]2[C@H]3CCC4=CC(=O)CC[C@]4(C)[C@@H]3CC[C@@]21C. The number of carbonyl (C=O) groups is 1. The number of fused-ring (bicyclic) bond motifs is 5. The van der Waals surface area contributed by atoms with E-state index in [-0.39, 0.29) is 0 Å². The van der Waals surface area contributed by atoms with Crippen molar-refractivity contribution in [2.75, 3.05) is 0 Å². The van der Waals surface area contributed by atoms with Gasteiger partial charge in [-0.3, -0.25) is 4.79 Å². The maximum Gasteiger partial charge on any atom is 0.155 e. The van der Waals surface area contributed by atoms with E-state index < -0.39 is 0 Å². The van der Waals surface area contributed by atoms with Crippen LogP contribution in [-0.4, -0.2) is 5.78 Å². The zero-order valence-corrected chi connectivity index (χ0v) is 19.2. The Morgan fingerprint density at radius 3 is 2.50 bits per heavy atom. The summed E-state index contributed by atoms with van der Waals surface area (Å²) >= 11 is 0. The average Bonchev–Trinajstić information content (AvgIpc) is 2.99. The number of rotatable bonds is 5. The first-order valence-electron chi connectivity index (χ1n) is 12.5. The monoisotopic (exact) mass is 384 g/mol. The van der Waals surface area contributed by atoms with Gasteiger partial charge < -0.3 is 0 Å². The fraction of sp³-hybridized carbons (Fsp3) is 0.889. The predicted octanol–water partition coefficient (Wildman–Crippen LogP) is 7.60. The van der Waals surface area contributed by atoms with Gasteiger partial charge >= 0.3 is 0 Å². The summed E-state index contributed by atoms with van der Waals surface area (Å²) in [6, 6.07) is 0. The van der Waals surface area contributed by atoms with Crippen LogP contribution in [0.1, 0.15) is 105 Å². The molecule has 0 saturated heterocycles. The number of carbonyl (C=O) groups excluding carboxylic acids is 1. The summed E-state index contributed by atoms with van der Waals surface area (Å²) in [5.41, 5.74) is 2.43. The number of hydrogen-bond donors (Lipinski definition) is 0. The summed E-state index contributed by atoms with van der Waals surface area (Å²) in [4.78, 5) is 12.0. The van der Waals surface area contributed by atoms with Crippen LogP contribution in [0, 0.1) is 46.3 Å². The quantitative estimate of drug-likeness (QED) is 0.477. The molecular formula is C27H44O. The van der Waals surface area contributed by atoms with Crippen molar-refractivity contribution in [3.8, 4) is 0 Å².